The minimum atomic E-state index is -3.37. The summed E-state index contributed by atoms with van der Waals surface area (Å²) in [6, 6.07) is 2.95. The van der Waals surface area contributed by atoms with Crippen LogP contribution in [0.25, 0.3) is 0 Å². The fourth-order valence-electron chi connectivity index (χ4n) is 3.09. The number of rotatable bonds is 7. The molecule has 0 bridgehead atoms. The summed E-state index contributed by atoms with van der Waals surface area (Å²) in [5, 5.41) is 6.70. The van der Waals surface area contributed by atoms with Gasteiger partial charge in [0.05, 0.1) is 17.6 Å². The van der Waals surface area contributed by atoms with E-state index in [0.717, 1.165) is 34.5 Å². The van der Waals surface area contributed by atoms with Crippen LogP contribution in [0.5, 0.6) is 0 Å². The summed E-state index contributed by atoms with van der Waals surface area (Å²) in [5.74, 6) is -0.864. The molecule has 1 heterocycles. The first-order valence-corrected chi connectivity index (χ1v) is 12.2. The van der Waals surface area contributed by atoms with Gasteiger partial charge in [-0.3, -0.25) is 4.79 Å². The number of benzene rings is 1. The molecule has 2 aromatic rings. The fraction of sp³-hybridized carbons (Fsp3) is 0.524. The Bertz CT molecular complexity index is 973. The lowest BCUT2D eigenvalue weighted by molar-refractivity contribution is -0.117. The highest BCUT2D eigenvalue weighted by Crippen LogP contribution is 2.29. The summed E-state index contributed by atoms with van der Waals surface area (Å²) in [4.78, 5) is 16.9. The molecule has 1 aromatic carbocycles. The molecular formula is C21H30FN3O2S2. The maximum absolute atomic E-state index is 14.0. The summed E-state index contributed by atoms with van der Waals surface area (Å²) < 4.78 is 31.0. The zero-order chi connectivity index (χ0) is 21.8. The summed E-state index contributed by atoms with van der Waals surface area (Å²) in [6.07, 6.45) is 4.39. The lowest BCUT2D eigenvalue weighted by atomic mass is 9.93. The Morgan fingerprint density at radius 3 is 2.21 bits per heavy atom. The third-order valence-electron chi connectivity index (χ3n) is 4.42. The normalized spacial score (nSPS) is 13.9. The zero-order valence-corrected chi connectivity index (χ0v) is 19.4. The molecule has 0 fully saturated rings. The van der Waals surface area contributed by atoms with Crippen molar-refractivity contribution in [2.75, 3.05) is 0 Å². The van der Waals surface area contributed by atoms with Crippen LogP contribution in [0.1, 0.15) is 69.2 Å². The second-order valence-electron chi connectivity index (χ2n) is 8.17. The number of carbonyl (C=O) groups is 1. The van der Waals surface area contributed by atoms with Crippen LogP contribution < -0.4 is 5.14 Å². The summed E-state index contributed by atoms with van der Waals surface area (Å²) in [5.41, 5.74) is 2.17. The predicted molar refractivity (Wildman–Crippen MR) is 117 cm³/mol. The molecule has 0 radical (unpaired) electrons. The van der Waals surface area contributed by atoms with Gasteiger partial charge < -0.3 is 0 Å². The van der Waals surface area contributed by atoms with Crippen molar-refractivity contribution in [2.24, 2.45) is 9.50 Å². The molecule has 0 aliphatic rings. The van der Waals surface area contributed by atoms with E-state index in [4.69, 9.17) is 5.14 Å². The lowest BCUT2D eigenvalue weighted by Crippen LogP contribution is -2.16. The molecule has 1 amide bonds. The summed E-state index contributed by atoms with van der Waals surface area (Å²) in [6.45, 7) is 9.99. The van der Waals surface area contributed by atoms with Crippen molar-refractivity contribution in [3.05, 3.63) is 45.8 Å². The molecule has 2 N–H and O–H groups in total. The van der Waals surface area contributed by atoms with Gasteiger partial charge in [-0.15, -0.1) is 15.7 Å². The van der Waals surface area contributed by atoms with Crippen LogP contribution in [0.15, 0.2) is 26.9 Å². The predicted octanol–water partition coefficient (Wildman–Crippen LogP) is 4.95. The minimum absolute atomic E-state index is 0.0376. The Morgan fingerprint density at radius 2 is 1.76 bits per heavy atom. The van der Waals surface area contributed by atoms with Gasteiger partial charge in [-0.2, -0.15) is 0 Å². The first kappa shape index (κ1) is 23.6. The number of aromatic nitrogens is 1. The second kappa shape index (κ2) is 9.45. The molecule has 8 heteroatoms. The number of amides is 1. The number of hydrogen-bond acceptors (Lipinski definition) is 4. The largest absolute Gasteiger partial charge is 0.272 e. The molecule has 29 heavy (non-hydrogen) atoms. The Labute approximate surface area is 177 Å². The van der Waals surface area contributed by atoms with Gasteiger partial charge in [0.2, 0.25) is 0 Å². The van der Waals surface area contributed by atoms with Gasteiger partial charge in [0.15, 0.2) is 9.92 Å². The van der Waals surface area contributed by atoms with E-state index in [0.29, 0.717) is 12.8 Å². The molecule has 1 atom stereocenters. The van der Waals surface area contributed by atoms with Crippen molar-refractivity contribution in [3.63, 3.8) is 0 Å². The molecule has 5 nitrogen and oxygen atoms in total. The Morgan fingerprint density at radius 1 is 1.21 bits per heavy atom. The fourth-order valence-corrected chi connectivity index (χ4v) is 5.28. The summed E-state index contributed by atoms with van der Waals surface area (Å²) in [7, 11) is -3.37. The number of aryl methyl sites for hydroxylation is 2. The average molecular weight is 440 g/mol. The van der Waals surface area contributed by atoms with Gasteiger partial charge in [-0.05, 0) is 41.7 Å². The van der Waals surface area contributed by atoms with Crippen molar-refractivity contribution in [1.29, 1.82) is 0 Å². The number of nitrogens with two attached hydrogens (primary N) is 1. The Balaban J connectivity index is 2.38. The monoisotopic (exact) mass is 439 g/mol. The van der Waals surface area contributed by atoms with Gasteiger partial charge in [-0.1, -0.05) is 47.5 Å². The van der Waals surface area contributed by atoms with Crippen LogP contribution in [0.4, 0.5) is 4.39 Å². The molecule has 0 saturated carbocycles. The van der Waals surface area contributed by atoms with Gasteiger partial charge in [-0.25, -0.2) is 18.7 Å². The van der Waals surface area contributed by atoms with E-state index < -0.39 is 15.8 Å². The first-order valence-electron chi connectivity index (χ1n) is 9.82. The quantitative estimate of drug-likeness (QED) is 0.662. The molecule has 2 rings (SSSR count). The van der Waals surface area contributed by atoms with Crippen LogP contribution in [0.3, 0.4) is 0 Å². The van der Waals surface area contributed by atoms with Gasteiger partial charge in [0, 0.05) is 5.41 Å². The van der Waals surface area contributed by atoms with Crippen LogP contribution in [0.2, 0.25) is 0 Å². The Hall–Kier alpha value is -1.64. The number of halogens is 1. The number of nitrogens with zero attached hydrogens (tertiary/aromatic N) is 2. The van der Waals surface area contributed by atoms with Crippen LogP contribution >= 0.6 is 11.3 Å². The van der Waals surface area contributed by atoms with E-state index >= 15 is 0 Å². The van der Waals surface area contributed by atoms with Crippen LogP contribution in [-0.2, 0) is 39.4 Å². The molecule has 160 valence electrons. The smallest absolute Gasteiger partial charge is 0.259 e. The number of thiazole rings is 1. The van der Waals surface area contributed by atoms with Crippen molar-refractivity contribution in [1.82, 2.24) is 4.98 Å². The highest BCUT2D eigenvalue weighted by atomic mass is 32.2. The summed E-state index contributed by atoms with van der Waals surface area (Å²) >= 11 is 1.21. The zero-order valence-electron chi connectivity index (χ0n) is 17.8. The van der Waals surface area contributed by atoms with Crippen molar-refractivity contribution in [3.8, 4) is 0 Å². The van der Waals surface area contributed by atoms with E-state index in [1.807, 2.05) is 34.6 Å². The lowest BCUT2D eigenvalue weighted by Gasteiger charge is -2.14. The van der Waals surface area contributed by atoms with Gasteiger partial charge >= 0.3 is 0 Å². The molecule has 0 aliphatic heterocycles. The Kier molecular flexibility index (Phi) is 7.70. The van der Waals surface area contributed by atoms with Crippen LogP contribution in [0, 0.1) is 5.82 Å². The minimum Gasteiger partial charge on any atom is -0.272 e. The van der Waals surface area contributed by atoms with Crippen molar-refractivity contribution >= 4 is 27.2 Å². The van der Waals surface area contributed by atoms with Crippen LogP contribution in [-0.4, -0.2) is 15.1 Å². The highest BCUT2D eigenvalue weighted by Gasteiger charge is 2.22. The van der Waals surface area contributed by atoms with Gasteiger partial charge in [0.25, 0.3) is 5.91 Å². The third-order valence-corrected chi connectivity index (χ3v) is 7.76. The topological polar surface area (TPSA) is 85.4 Å². The number of carbonyl (C=O) groups excluding carboxylic acids is 1. The maximum Gasteiger partial charge on any atom is 0.259 e. The average Bonchev–Trinajstić information content (AvgIpc) is 3.09. The molecule has 1 aromatic heterocycles. The molecule has 0 spiro atoms. The first-order chi connectivity index (χ1) is 13.5. The number of hydrogen-bond donors (Lipinski definition) is 1. The van der Waals surface area contributed by atoms with E-state index in [-0.39, 0.29) is 21.9 Å². The molecule has 0 saturated heterocycles. The van der Waals surface area contributed by atoms with E-state index in [9.17, 15) is 13.4 Å². The standard InChI is InChI=1S/C21H30FN3O2S2/c1-6-8-14-10-16(22)11-15(9-7-2)17(14)12-18(26)25-29(23,27)19-13-24-20(28-19)21(3,4)5/h10-11,13H,6-9,12H2,1-5H3,(H2,23,25,26,27). The second-order valence-corrected chi connectivity index (χ2v) is 11.2. The van der Waals surface area contributed by atoms with E-state index in [1.165, 1.54) is 29.7 Å². The van der Waals surface area contributed by atoms with Gasteiger partial charge in [0.1, 0.15) is 10.0 Å². The van der Waals surface area contributed by atoms with E-state index in [1.54, 1.807) is 0 Å². The van der Waals surface area contributed by atoms with Crippen molar-refractivity contribution < 1.29 is 13.4 Å². The SMILES string of the molecule is CCCc1cc(F)cc(CCC)c1CC(=O)N=S(N)(=O)c1cnc(C(C)(C)C)s1. The maximum atomic E-state index is 14.0. The van der Waals surface area contributed by atoms with E-state index in [2.05, 4.69) is 9.35 Å². The third kappa shape index (κ3) is 6.17. The molecule has 1 unspecified atom stereocenters. The highest BCUT2D eigenvalue weighted by molar-refractivity contribution is 7.93. The molecule has 0 aliphatic carbocycles. The van der Waals surface area contributed by atoms with Crippen molar-refractivity contribution in [2.45, 2.75) is 76.3 Å². The molecular weight excluding hydrogens is 409 g/mol.